The van der Waals surface area contributed by atoms with Crippen LogP contribution in [0.5, 0.6) is 0 Å². The van der Waals surface area contributed by atoms with Crippen LogP contribution in [0.25, 0.3) is 6.08 Å². The summed E-state index contributed by atoms with van der Waals surface area (Å²) in [7, 11) is 0. The molecule has 1 aromatic heterocycles. The molecule has 2 aromatic rings. The molecule has 1 nitrogen and oxygen atoms in total. The van der Waals surface area contributed by atoms with Crippen molar-refractivity contribution in [1.82, 2.24) is 0 Å². The quantitative estimate of drug-likeness (QED) is 0.587. The Bertz CT molecular complexity index is 624. The van der Waals surface area contributed by atoms with E-state index in [0.717, 1.165) is 15.3 Å². The zero-order chi connectivity index (χ0) is 12.8. The summed E-state index contributed by atoms with van der Waals surface area (Å²) in [5, 5.41) is 0. The molecule has 0 spiro atoms. The second-order valence-corrected chi connectivity index (χ2v) is 4.88. The van der Waals surface area contributed by atoms with Gasteiger partial charge in [0.1, 0.15) is 0 Å². The Balaban J connectivity index is 2.12. The minimum absolute atomic E-state index is 0.0559. The van der Waals surface area contributed by atoms with E-state index in [1.54, 1.807) is 24.3 Å². The van der Waals surface area contributed by atoms with Gasteiger partial charge in [-0.25, -0.2) is 0 Å². The van der Waals surface area contributed by atoms with Crippen molar-refractivity contribution in [3.05, 3.63) is 63.9 Å². The van der Waals surface area contributed by atoms with Gasteiger partial charge in [-0.1, -0.05) is 30.0 Å². The molecular weight excluding hydrogens is 240 g/mol. The summed E-state index contributed by atoms with van der Waals surface area (Å²) in [6.45, 7) is 1.54. The third-order valence-electron chi connectivity index (χ3n) is 2.21. The average molecular weight is 252 g/mol. The number of ketones is 1. The normalized spacial score (nSPS) is 10.1. The summed E-state index contributed by atoms with van der Waals surface area (Å²) < 4.78 is 0. The number of carbonyl (C=O) groups is 1. The predicted octanol–water partition coefficient (Wildman–Crippen LogP) is 3.75. The Hall–Kier alpha value is -2.11. The predicted molar refractivity (Wildman–Crippen MR) is 76.5 cm³/mol. The Morgan fingerprint density at radius 3 is 2.61 bits per heavy atom. The molecule has 0 saturated heterocycles. The summed E-state index contributed by atoms with van der Waals surface area (Å²) in [5.74, 6) is 6.28. The Morgan fingerprint density at radius 1 is 1.11 bits per heavy atom. The smallest absolute Gasteiger partial charge is 0.152 e. The topological polar surface area (TPSA) is 17.1 Å². The van der Waals surface area contributed by atoms with Crippen molar-refractivity contribution in [2.75, 3.05) is 0 Å². The fourth-order valence-corrected chi connectivity index (χ4v) is 2.13. The molecule has 0 bridgehead atoms. The molecule has 0 aliphatic heterocycles. The van der Waals surface area contributed by atoms with Crippen LogP contribution >= 0.6 is 11.3 Å². The van der Waals surface area contributed by atoms with Crippen LogP contribution in [-0.4, -0.2) is 5.78 Å². The van der Waals surface area contributed by atoms with Crippen molar-refractivity contribution in [1.29, 1.82) is 0 Å². The number of allylic oxidation sites excluding steroid dienone is 1. The van der Waals surface area contributed by atoms with Crippen molar-refractivity contribution < 1.29 is 4.79 Å². The molecule has 0 saturated carbocycles. The summed E-state index contributed by atoms with van der Waals surface area (Å²) in [6, 6.07) is 13.8. The molecule has 2 heteroatoms. The fourth-order valence-electron chi connectivity index (χ4n) is 1.36. The van der Waals surface area contributed by atoms with Gasteiger partial charge in [-0.05, 0) is 43.3 Å². The van der Waals surface area contributed by atoms with Crippen LogP contribution in [0.1, 0.15) is 22.2 Å². The Morgan fingerprint density at radius 2 is 1.89 bits per heavy atom. The summed E-state index contributed by atoms with van der Waals surface area (Å²) in [5.41, 5.74) is 1.01. The molecule has 1 aromatic carbocycles. The van der Waals surface area contributed by atoms with Crippen LogP contribution < -0.4 is 0 Å². The van der Waals surface area contributed by atoms with Gasteiger partial charge in [0.15, 0.2) is 5.78 Å². The molecule has 0 aliphatic carbocycles. The van der Waals surface area contributed by atoms with Gasteiger partial charge in [-0.3, -0.25) is 4.79 Å². The van der Waals surface area contributed by atoms with E-state index >= 15 is 0 Å². The maximum Gasteiger partial charge on any atom is 0.152 e. The third kappa shape index (κ3) is 3.73. The molecule has 88 valence electrons. The molecule has 0 amide bonds. The number of benzene rings is 1. The number of hydrogen-bond donors (Lipinski definition) is 0. The number of carbonyl (C=O) groups excluding carboxylic acids is 1. The lowest BCUT2D eigenvalue weighted by molar-refractivity contribution is -0.112. The van der Waals surface area contributed by atoms with E-state index in [-0.39, 0.29) is 5.78 Å². The number of hydrogen-bond acceptors (Lipinski definition) is 2. The lowest BCUT2D eigenvalue weighted by Crippen LogP contribution is -1.77. The first-order valence-corrected chi connectivity index (χ1v) is 6.41. The van der Waals surface area contributed by atoms with Gasteiger partial charge in [-0.2, -0.15) is 0 Å². The van der Waals surface area contributed by atoms with E-state index in [9.17, 15) is 4.79 Å². The minimum atomic E-state index is 0.0559. The van der Waals surface area contributed by atoms with Crippen LogP contribution in [0.4, 0.5) is 0 Å². The first-order valence-electron chi connectivity index (χ1n) is 5.59. The molecular formula is C16H12OS. The van der Waals surface area contributed by atoms with Gasteiger partial charge in [0, 0.05) is 10.4 Å². The highest BCUT2D eigenvalue weighted by Gasteiger charge is 1.94. The van der Waals surface area contributed by atoms with Gasteiger partial charge in [0.25, 0.3) is 0 Å². The molecule has 0 radical (unpaired) electrons. The van der Waals surface area contributed by atoms with Crippen LogP contribution in [0.3, 0.4) is 0 Å². The van der Waals surface area contributed by atoms with E-state index in [4.69, 9.17) is 0 Å². The highest BCUT2D eigenvalue weighted by Crippen LogP contribution is 2.17. The molecule has 0 N–H and O–H groups in total. The summed E-state index contributed by atoms with van der Waals surface area (Å²) in [4.78, 5) is 12.9. The number of rotatable bonds is 2. The van der Waals surface area contributed by atoms with Crippen LogP contribution in [0.15, 0.2) is 48.5 Å². The Kier molecular flexibility index (Phi) is 4.11. The molecule has 18 heavy (non-hydrogen) atoms. The molecule has 2 rings (SSSR count). The first-order chi connectivity index (χ1) is 8.74. The van der Waals surface area contributed by atoms with Crippen LogP contribution in [0.2, 0.25) is 0 Å². The van der Waals surface area contributed by atoms with Gasteiger partial charge in [-0.15, -0.1) is 11.3 Å². The largest absolute Gasteiger partial charge is 0.295 e. The highest BCUT2D eigenvalue weighted by atomic mass is 32.1. The standard InChI is InChI=1S/C16H12OS/c1-13(17)7-9-15-11-12-16(18-15)10-8-14-5-3-2-4-6-14/h2-7,9,11-12H,1H3/b9-7+. The van der Waals surface area contributed by atoms with E-state index < -0.39 is 0 Å². The summed E-state index contributed by atoms with van der Waals surface area (Å²) in [6.07, 6.45) is 3.39. The van der Waals surface area contributed by atoms with Crippen molar-refractivity contribution >= 4 is 23.2 Å². The van der Waals surface area contributed by atoms with Crippen molar-refractivity contribution in [3.8, 4) is 11.8 Å². The maximum atomic E-state index is 10.8. The highest BCUT2D eigenvalue weighted by molar-refractivity contribution is 7.13. The van der Waals surface area contributed by atoms with E-state index in [1.807, 2.05) is 48.5 Å². The zero-order valence-corrected chi connectivity index (χ0v) is 10.8. The van der Waals surface area contributed by atoms with E-state index in [0.29, 0.717) is 0 Å². The van der Waals surface area contributed by atoms with E-state index in [1.165, 1.54) is 0 Å². The zero-order valence-electron chi connectivity index (χ0n) is 10.0. The second-order valence-electron chi connectivity index (χ2n) is 3.76. The lowest BCUT2D eigenvalue weighted by Gasteiger charge is -1.85. The molecule has 0 unspecified atom stereocenters. The third-order valence-corrected chi connectivity index (χ3v) is 3.18. The van der Waals surface area contributed by atoms with E-state index in [2.05, 4.69) is 11.8 Å². The minimum Gasteiger partial charge on any atom is -0.295 e. The van der Waals surface area contributed by atoms with Gasteiger partial charge < -0.3 is 0 Å². The van der Waals surface area contributed by atoms with Crippen LogP contribution in [0, 0.1) is 11.8 Å². The van der Waals surface area contributed by atoms with Crippen molar-refractivity contribution in [2.45, 2.75) is 6.92 Å². The van der Waals surface area contributed by atoms with Gasteiger partial charge >= 0.3 is 0 Å². The summed E-state index contributed by atoms with van der Waals surface area (Å²) >= 11 is 1.58. The molecule has 0 aliphatic rings. The van der Waals surface area contributed by atoms with Crippen molar-refractivity contribution in [2.24, 2.45) is 0 Å². The molecule has 0 fully saturated rings. The number of thiophene rings is 1. The fraction of sp³-hybridized carbons (Fsp3) is 0.0625. The van der Waals surface area contributed by atoms with Gasteiger partial charge in [0.2, 0.25) is 0 Å². The second kappa shape index (κ2) is 6.00. The average Bonchev–Trinajstić information content (AvgIpc) is 2.83. The first kappa shape index (κ1) is 12.3. The lowest BCUT2D eigenvalue weighted by atomic mass is 10.2. The monoisotopic (exact) mass is 252 g/mol. The Labute approximate surface area is 111 Å². The van der Waals surface area contributed by atoms with Crippen LogP contribution in [-0.2, 0) is 4.79 Å². The van der Waals surface area contributed by atoms with Crippen molar-refractivity contribution in [3.63, 3.8) is 0 Å². The SMILES string of the molecule is CC(=O)/C=C/c1ccc(C#Cc2ccccc2)s1. The molecule has 0 atom stereocenters. The van der Waals surface area contributed by atoms with Gasteiger partial charge in [0.05, 0.1) is 4.88 Å². The maximum absolute atomic E-state index is 10.8. The molecule has 1 heterocycles.